The number of anilines is 1. The van der Waals surface area contributed by atoms with Gasteiger partial charge in [-0.3, -0.25) is 0 Å². The van der Waals surface area contributed by atoms with Crippen LogP contribution in [0.3, 0.4) is 0 Å². The second-order valence-electron chi connectivity index (χ2n) is 5.11. The third kappa shape index (κ3) is 4.47. The first-order valence-corrected chi connectivity index (χ1v) is 7.16. The number of nitrogens with one attached hydrogen (secondary N) is 1. The first-order valence-electron chi connectivity index (χ1n) is 7.16. The topological polar surface area (TPSA) is 25.2 Å². The molecule has 2 nitrogen and oxygen atoms in total. The predicted molar refractivity (Wildman–Crippen MR) is 80.6 cm³/mol. The van der Waals surface area contributed by atoms with Crippen LogP contribution in [0.5, 0.6) is 0 Å². The van der Waals surface area contributed by atoms with Gasteiger partial charge in [0, 0.05) is 18.2 Å². The van der Waals surface area contributed by atoms with E-state index in [0.717, 1.165) is 25.0 Å². The molecule has 0 spiro atoms. The Hall–Kier alpha value is -1.70. The Kier molecular flexibility index (Phi) is 5.08. The maximum Gasteiger partial charge on any atom is 0.103 e. The SMILES string of the molecule is CCCc1ccc(NC(C)CCc2ccco2)cc1. The number of aryl methyl sites for hydroxylation is 2. The molecule has 0 aliphatic rings. The smallest absolute Gasteiger partial charge is 0.103 e. The minimum absolute atomic E-state index is 0.446. The van der Waals surface area contributed by atoms with E-state index < -0.39 is 0 Å². The molecule has 0 amide bonds. The zero-order valence-corrected chi connectivity index (χ0v) is 11.9. The summed E-state index contributed by atoms with van der Waals surface area (Å²) in [4.78, 5) is 0. The number of rotatable bonds is 7. The maximum absolute atomic E-state index is 5.35. The van der Waals surface area contributed by atoms with Crippen LogP contribution in [0, 0.1) is 0 Å². The largest absolute Gasteiger partial charge is 0.469 e. The summed E-state index contributed by atoms with van der Waals surface area (Å²) in [6, 6.07) is 13.2. The lowest BCUT2D eigenvalue weighted by molar-refractivity contribution is 0.495. The Morgan fingerprint density at radius 2 is 1.89 bits per heavy atom. The third-order valence-electron chi connectivity index (χ3n) is 3.31. The van der Waals surface area contributed by atoms with E-state index in [1.165, 1.54) is 17.7 Å². The highest BCUT2D eigenvalue weighted by molar-refractivity contribution is 5.45. The number of benzene rings is 1. The van der Waals surface area contributed by atoms with Gasteiger partial charge in [-0.15, -0.1) is 0 Å². The van der Waals surface area contributed by atoms with E-state index in [2.05, 4.69) is 43.4 Å². The molecule has 1 aromatic heterocycles. The summed E-state index contributed by atoms with van der Waals surface area (Å²) >= 11 is 0. The van der Waals surface area contributed by atoms with E-state index in [1.807, 2.05) is 12.1 Å². The minimum Gasteiger partial charge on any atom is -0.469 e. The van der Waals surface area contributed by atoms with Crippen molar-refractivity contribution in [1.82, 2.24) is 0 Å². The summed E-state index contributed by atoms with van der Waals surface area (Å²) in [7, 11) is 0. The summed E-state index contributed by atoms with van der Waals surface area (Å²) in [5.74, 6) is 1.06. The first kappa shape index (κ1) is 13.7. The summed E-state index contributed by atoms with van der Waals surface area (Å²) < 4.78 is 5.35. The molecule has 0 fully saturated rings. The Bertz CT molecular complexity index is 459. The van der Waals surface area contributed by atoms with Crippen molar-refractivity contribution in [3.05, 3.63) is 54.0 Å². The van der Waals surface area contributed by atoms with E-state index in [9.17, 15) is 0 Å². The molecule has 2 heteroatoms. The van der Waals surface area contributed by atoms with E-state index in [-0.39, 0.29) is 0 Å². The van der Waals surface area contributed by atoms with E-state index >= 15 is 0 Å². The standard InChI is InChI=1S/C17H23NO/c1-3-5-15-8-10-16(11-9-15)18-14(2)7-12-17-6-4-13-19-17/h4,6,8-11,13-14,18H,3,5,7,12H2,1-2H3. The molecule has 0 bridgehead atoms. The van der Waals surface area contributed by atoms with Crippen molar-refractivity contribution >= 4 is 5.69 Å². The van der Waals surface area contributed by atoms with E-state index in [0.29, 0.717) is 6.04 Å². The summed E-state index contributed by atoms with van der Waals surface area (Å²) in [5.41, 5.74) is 2.61. The van der Waals surface area contributed by atoms with Gasteiger partial charge in [-0.2, -0.15) is 0 Å². The van der Waals surface area contributed by atoms with Gasteiger partial charge in [0.2, 0.25) is 0 Å². The average molecular weight is 257 g/mol. The van der Waals surface area contributed by atoms with Gasteiger partial charge < -0.3 is 9.73 Å². The highest BCUT2D eigenvalue weighted by Gasteiger charge is 2.04. The molecule has 2 rings (SSSR count). The first-order chi connectivity index (χ1) is 9.28. The van der Waals surface area contributed by atoms with Crippen LogP contribution >= 0.6 is 0 Å². The van der Waals surface area contributed by atoms with Gasteiger partial charge in [-0.25, -0.2) is 0 Å². The number of hydrogen-bond donors (Lipinski definition) is 1. The van der Waals surface area contributed by atoms with Crippen molar-refractivity contribution in [2.24, 2.45) is 0 Å². The van der Waals surface area contributed by atoms with Crippen LogP contribution in [0.1, 0.15) is 38.0 Å². The normalized spacial score (nSPS) is 12.3. The second-order valence-corrected chi connectivity index (χ2v) is 5.11. The lowest BCUT2D eigenvalue weighted by Crippen LogP contribution is -2.15. The molecule has 0 radical (unpaired) electrons. The number of hydrogen-bond acceptors (Lipinski definition) is 2. The molecule has 19 heavy (non-hydrogen) atoms. The van der Waals surface area contributed by atoms with Gasteiger partial charge in [0.25, 0.3) is 0 Å². The Morgan fingerprint density at radius 1 is 1.11 bits per heavy atom. The van der Waals surface area contributed by atoms with E-state index in [1.54, 1.807) is 6.26 Å². The minimum atomic E-state index is 0.446. The maximum atomic E-state index is 5.35. The fourth-order valence-electron chi connectivity index (χ4n) is 2.23. The molecule has 1 N–H and O–H groups in total. The van der Waals surface area contributed by atoms with Gasteiger partial charge in [0.1, 0.15) is 5.76 Å². The lowest BCUT2D eigenvalue weighted by Gasteiger charge is -2.15. The number of furan rings is 1. The molecular weight excluding hydrogens is 234 g/mol. The molecule has 1 unspecified atom stereocenters. The lowest BCUT2D eigenvalue weighted by atomic mass is 10.1. The predicted octanol–water partition coefficient (Wildman–Crippen LogP) is 4.67. The molecule has 0 aliphatic heterocycles. The fraction of sp³-hybridized carbons (Fsp3) is 0.412. The van der Waals surface area contributed by atoms with Crippen molar-refractivity contribution in [3.63, 3.8) is 0 Å². The van der Waals surface area contributed by atoms with Crippen molar-refractivity contribution in [2.45, 2.75) is 45.6 Å². The van der Waals surface area contributed by atoms with Gasteiger partial charge in [-0.1, -0.05) is 25.5 Å². The van der Waals surface area contributed by atoms with Crippen LogP contribution in [0.25, 0.3) is 0 Å². The molecule has 1 atom stereocenters. The molecule has 0 aliphatic carbocycles. The van der Waals surface area contributed by atoms with Gasteiger partial charge in [0.05, 0.1) is 6.26 Å². The van der Waals surface area contributed by atoms with Gasteiger partial charge in [-0.05, 0) is 49.6 Å². The average Bonchev–Trinajstić information content (AvgIpc) is 2.92. The second kappa shape index (κ2) is 7.03. The van der Waals surface area contributed by atoms with Crippen LogP contribution in [-0.2, 0) is 12.8 Å². The van der Waals surface area contributed by atoms with Crippen molar-refractivity contribution in [2.75, 3.05) is 5.32 Å². The van der Waals surface area contributed by atoms with Gasteiger partial charge in [0.15, 0.2) is 0 Å². The summed E-state index contributed by atoms with van der Waals surface area (Å²) in [5, 5.41) is 3.53. The Balaban J connectivity index is 1.79. The van der Waals surface area contributed by atoms with Crippen LogP contribution in [0.2, 0.25) is 0 Å². The Morgan fingerprint density at radius 3 is 2.53 bits per heavy atom. The van der Waals surface area contributed by atoms with Crippen LogP contribution in [0.15, 0.2) is 47.1 Å². The Labute approximate surface area is 115 Å². The van der Waals surface area contributed by atoms with Gasteiger partial charge >= 0.3 is 0 Å². The quantitative estimate of drug-likeness (QED) is 0.780. The molecular formula is C17H23NO. The van der Waals surface area contributed by atoms with Crippen LogP contribution < -0.4 is 5.32 Å². The van der Waals surface area contributed by atoms with E-state index in [4.69, 9.17) is 4.42 Å². The zero-order valence-electron chi connectivity index (χ0n) is 11.9. The van der Waals surface area contributed by atoms with Crippen molar-refractivity contribution in [3.8, 4) is 0 Å². The zero-order chi connectivity index (χ0) is 13.5. The molecule has 1 aromatic carbocycles. The highest BCUT2D eigenvalue weighted by atomic mass is 16.3. The van der Waals surface area contributed by atoms with Crippen molar-refractivity contribution in [1.29, 1.82) is 0 Å². The molecule has 1 heterocycles. The van der Waals surface area contributed by atoms with Crippen LogP contribution in [-0.4, -0.2) is 6.04 Å². The van der Waals surface area contributed by atoms with Crippen molar-refractivity contribution < 1.29 is 4.42 Å². The molecule has 0 saturated heterocycles. The van der Waals surface area contributed by atoms with Crippen LogP contribution in [0.4, 0.5) is 5.69 Å². The third-order valence-corrected chi connectivity index (χ3v) is 3.31. The highest BCUT2D eigenvalue weighted by Crippen LogP contribution is 2.14. The summed E-state index contributed by atoms with van der Waals surface area (Å²) in [6.07, 6.45) is 6.15. The molecule has 0 saturated carbocycles. The summed E-state index contributed by atoms with van der Waals surface area (Å²) in [6.45, 7) is 4.42. The molecule has 102 valence electrons. The molecule has 2 aromatic rings. The fourth-order valence-corrected chi connectivity index (χ4v) is 2.23. The monoisotopic (exact) mass is 257 g/mol.